The Balaban J connectivity index is 1.61. The number of halogens is 1. The molecule has 0 aliphatic carbocycles. The Hall–Kier alpha value is -2.07. The van der Waals surface area contributed by atoms with Crippen LogP contribution in [0.2, 0.25) is 0 Å². The van der Waals surface area contributed by atoms with Crippen LogP contribution in [0.3, 0.4) is 0 Å². The van der Waals surface area contributed by atoms with Crippen molar-refractivity contribution in [3.05, 3.63) is 35.1 Å². The number of piperidine rings is 3. The Bertz CT molecular complexity index is 931. The van der Waals surface area contributed by atoms with E-state index in [2.05, 4.69) is 5.32 Å². The van der Waals surface area contributed by atoms with E-state index in [4.69, 9.17) is 4.74 Å². The number of hydrogen-bond acceptors (Lipinski definition) is 6. The quantitative estimate of drug-likeness (QED) is 0.541. The molecule has 2 amide bonds. The first-order valence-electron chi connectivity index (χ1n) is 13.2. The molecule has 3 aliphatic heterocycles. The second-order valence-electron chi connectivity index (χ2n) is 10.6. The van der Waals surface area contributed by atoms with E-state index in [1.807, 2.05) is 6.07 Å². The van der Waals surface area contributed by atoms with E-state index in [1.54, 1.807) is 22.8 Å². The molecule has 3 N–H and O–H groups in total. The van der Waals surface area contributed by atoms with Gasteiger partial charge in [-0.25, -0.2) is 4.39 Å². The number of amides is 2. The van der Waals surface area contributed by atoms with Crippen LogP contribution < -0.4 is 5.32 Å². The van der Waals surface area contributed by atoms with Crippen LogP contribution >= 0.6 is 0 Å². The highest BCUT2D eigenvalue weighted by Gasteiger charge is 2.43. The Labute approximate surface area is 212 Å². The van der Waals surface area contributed by atoms with Gasteiger partial charge in [0.15, 0.2) is 0 Å². The highest BCUT2D eigenvalue weighted by molar-refractivity contribution is 5.82. The molecule has 6 atom stereocenters. The second-order valence-corrected chi connectivity index (χ2v) is 10.6. The van der Waals surface area contributed by atoms with Crippen molar-refractivity contribution in [1.82, 2.24) is 15.1 Å². The first-order valence-corrected chi connectivity index (χ1v) is 13.2. The maximum Gasteiger partial charge on any atom is 0.251 e. The summed E-state index contributed by atoms with van der Waals surface area (Å²) in [5.41, 5.74) is 1.30. The van der Waals surface area contributed by atoms with Crippen LogP contribution in [0.4, 0.5) is 4.39 Å². The van der Waals surface area contributed by atoms with Gasteiger partial charge in [-0.2, -0.15) is 0 Å². The van der Waals surface area contributed by atoms with Crippen LogP contribution in [0.25, 0.3) is 0 Å². The Morgan fingerprint density at radius 3 is 2.44 bits per heavy atom. The number of ether oxygens (including phenoxy) is 1. The van der Waals surface area contributed by atoms with Gasteiger partial charge in [0.1, 0.15) is 11.9 Å². The molecule has 0 saturated carbocycles. The van der Waals surface area contributed by atoms with Gasteiger partial charge >= 0.3 is 0 Å². The molecular weight excluding hydrogens is 465 g/mol. The van der Waals surface area contributed by atoms with Gasteiger partial charge in [0.2, 0.25) is 5.91 Å². The number of β-amino-alcohol motifs (C(OH)–C–C–N with tert-alkyl or cyclic N) is 2. The molecule has 1 aromatic carbocycles. The number of aliphatic hydroxyl groups is 2. The van der Waals surface area contributed by atoms with E-state index in [1.165, 1.54) is 13.2 Å². The molecule has 4 rings (SSSR count). The van der Waals surface area contributed by atoms with Crippen molar-refractivity contribution in [1.29, 1.82) is 0 Å². The number of nitrogens with one attached hydrogen (secondary N) is 1. The summed E-state index contributed by atoms with van der Waals surface area (Å²) < 4.78 is 20.3. The summed E-state index contributed by atoms with van der Waals surface area (Å²) in [6.07, 6.45) is 1.47. The molecule has 0 radical (unpaired) electrons. The van der Waals surface area contributed by atoms with Crippen LogP contribution in [0.15, 0.2) is 18.2 Å². The average Bonchev–Trinajstić information content (AvgIpc) is 2.88. The predicted octanol–water partition coefficient (Wildman–Crippen LogP) is 1.43. The Morgan fingerprint density at radius 1 is 1.11 bits per heavy atom. The van der Waals surface area contributed by atoms with Gasteiger partial charge in [-0.1, -0.05) is 12.1 Å². The molecule has 8 nitrogen and oxygen atoms in total. The fraction of sp³-hybridized carbons (Fsp3) is 0.704. The molecule has 0 aromatic heterocycles. The minimum atomic E-state index is -0.718. The van der Waals surface area contributed by atoms with Crippen LogP contribution in [-0.2, 0) is 14.3 Å². The summed E-state index contributed by atoms with van der Waals surface area (Å²) in [6, 6.07) is 4.99. The average molecular weight is 506 g/mol. The third-order valence-electron chi connectivity index (χ3n) is 8.19. The van der Waals surface area contributed by atoms with Crippen LogP contribution in [0, 0.1) is 24.6 Å². The van der Waals surface area contributed by atoms with Gasteiger partial charge in [-0.3, -0.25) is 9.59 Å². The molecule has 0 spiro atoms. The SMILES string of the molecule is COC(C[C@@H]1CNC[C@H](C(=O)N2CCCC(O)C2)C1c1cccc(F)c1C)C(=O)N1CCCC(O)C1. The molecular formula is C27H40FN3O5. The summed E-state index contributed by atoms with van der Waals surface area (Å²) >= 11 is 0. The largest absolute Gasteiger partial charge is 0.391 e. The number of benzene rings is 1. The fourth-order valence-corrected chi connectivity index (χ4v) is 6.25. The van der Waals surface area contributed by atoms with Gasteiger partial charge in [-0.15, -0.1) is 0 Å². The summed E-state index contributed by atoms with van der Waals surface area (Å²) in [5, 5.41) is 23.6. The first-order chi connectivity index (χ1) is 17.3. The number of carbonyl (C=O) groups is 2. The van der Waals surface area contributed by atoms with E-state index >= 15 is 0 Å². The van der Waals surface area contributed by atoms with E-state index in [-0.39, 0.29) is 29.5 Å². The van der Waals surface area contributed by atoms with E-state index in [9.17, 15) is 24.2 Å². The van der Waals surface area contributed by atoms with Gasteiger partial charge in [-0.05, 0) is 68.7 Å². The number of rotatable bonds is 6. The zero-order valence-corrected chi connectivity index (χ0v) is 21.4. The zero-order valence-electron chi connectivity index (χ0n) is 21.4. The monoisotopic (exact) mass is 505 g/mol. The smallest absolute Gasteiger partial charge is 0.251 e. The lowest BCUT2D eigenvalue weighted by Crippen LogP contribution is -2.54. The fourth-order valence-electron chi connectivity index (χ4n) is 6.25. The lowest BCUT2D eigenvalue weighted by atomic mass is 9.70. The highest BCUT2D eigenvalue weighted by Crippen LogP contribution is 2.41. The lowest BCUT2D eigenvalue weighted by molar-refractivity contribution is -0.146. The van der Waals surface area contributed by atoms with Crippen molar-refractivity contribution in [2.75, 3.05) is 46.4 Å². The summed E-state index contributed by atoms with van der Waals surface area (Å²) in [5.74, 6) is -1.40. The summed E-state index contributed by atoms with van der Waals surface area (Å²) in [7, 11) is 1.51. The first kappa shape index (κ1) is 27.0. The summed E-state index contributed by atoms with van der Waals surface area (Å²) in [4.78, 5) is 30.5. The van der Waals surface area contributed by atoms with Gasteiger partial charge in [0, 0.05) is 45.8 Å². The number of hydrogen-bond donors (Lipinski definition) is 3. The third-order valence-corrected chi connectivity index (χ3v) is 8.19. The van der Waals surface area contributed by atoms with Crippen molar-refractivity contribution in [2.45, 2.75) is 63.3 Å². The highest BCUT2D eigenvalue weighted by atomic mass is 19.1. The normalized spacial score (nSPS) is 30.2. The van der Waals surface area contributed by atoms with E-state index in [0.29, 0.717) is 64.1 Å². The standard InChI is InChI=1S/C27H40FN3O5/c1-17-21(8-3-9-23(17)28)25-18(12-24(36-2)27(35)31-11-5-7-20(33)16-31)13-29-14-22(25)26(34)30-10-4-6-19(32)15-30/h3,8-9,18-20,22,24-25,29,32-33H,4-7,10-16H2,1-2H3/t18-,19?,20?,22+,24?,25?/m1/s1. The third kappa shape index (κ3) is 5.90. The van der Waals surface area contributed by atoms with E-state index in [0.717, 1.165) is 18.4 Å². The van der Waals surface area contributed by atoms with Crippen molar-refractivity contribution < 1.29 is 28.9 Å². The molecule has 1 aromatic rings. The molecule has 3 saturated heterocycles. The zero-order chi connectivity index (χ0) is 25.8. The van der Waals surface area contributed by atoms with Crippen LogP contribution in [0.1, 0.15) is 49.1 Å². The van der Waals surface area contributed by atoms with Crippen molar-refractivity contribution in [3.63, 3.8) is 0 Å². The second kappa shape index (κ2) is 12.0. The lowest BCUT2D eigenvalue weighted by Gasteiger charge is -2.43. The number of carbonyl (C=O) groups excluding carboxylic acids is 2. The minimum absolute atomic E-state index is 0.0425. The summed E-state index contributed by atoms with van der Waals surface area (Å²) in [6.45, 7) is 4.56. The van der Waals surface area contributed by atoms with Crippen molar-refractivity contribution in [3.8, 4) is 0 Å². The van der Waals surface area contributed by atoms with Crippen LogP contribution in [-0.4, -0.2) is 96.5 Å². The van der Waals surface area contributed by atoms with Crippen LogP contribution in [0.5, 0.6) is 0 Å². The molecule has 3 aliphatic rings. The molecule has 9 heteroatoms. The number of methoxy groups -OCH3 is 1. The topological polar surface area (TPSA) is 102 Å². The Morgan fingerprint density at radius 2 is 1.78 bits per heavy atom. The maximum atomic E-state index is 14.7. The van der Waals surface area contributed by atoms with Gasteiger partial charge in [0.25, 0.3) is 5.91 Å². The number of likely N-dealkylation sites (tertiary alicyclic amines) is 2. The minimum Gasteiger partial charge on any atom is -0.391 e. The molecule has 0 bridgehead atoms. The number of aliphatic hydroxyl groups excluding tert-OH is 2. The van der Waals surface area contributed by atoms with Crippen molar-refractivity contribution in [2.24, 2.45) is 11.8 Å². The predicted molar refractivity (Wildman–Crippen MR) is 133 cm³/mol. The Kier molecular flexibility index (Phi) is 8.98. The van der Waals surface area contributed by atoms with Gasteiger partial charge < -0.3 is 30.1 Å². The van der Waals surface area contributed by atoms with Crippen molar-refractivity contribution >= 4 is 11.8 Å². The molecule has 3 fully saturated rings. The molecule has 36 heavy (non-hydrogen) atoms. The van der Waals surface area contributed by atoms with E-state index < -0.39 is 24.2 Å². The molecule has 3 heterocycles. The molecule has 4 unspecified atom stereocenters. The molecule has 200 valence electrons. The number of nitrogens with zero attached hydrogens (tertiary/aromatic N) is 2. The maximum absolute atomic E-state index is 14.7. The van der Waals surface area contributed by atoms with Gasteiger partial charge in [0.05, 0.1) is 18.1 Å².